The average molecular weight is 450 g/mol. The van der Waals surface area contributed by atoms with Crippen LogP contribution in [0.5, 0.6) is 0 Å². The number of furan rings is 1. The Balaban J connectivity index is 0.000000144. The summed E-state index contributed by atoms with van der Waals surface area (Å²) in [6, 6.07) is 4.04. The van der Waals surface area contributed by atoms with Crippen LogP contribution in [0.4, 0.5) is 5.69 Å². The van der Waals surface area contributed by atoms with E-state index in [1.54, 1.807) is 6.07 Å². The number of hydrogen-bond donors (Lipinski definition) is 1. The maximum absolute atomic E-state index is 10.8. The molecule has 8 heteroatoms. The number of piperidine rings is 1. The number of benzene rings is 1. The molecule has 0 unspecified atom stereocenters. The molecule has 4 heterocycles. The summed E-state index contributed by atoms with van der Waals surface area (Å²) in [4.78, 5) is 12.9. The van der Waals surface area contributed by atoms with Gasteiger partial charge in [-0.25, -0.2) is 0 Å². The van der Waals surface area contributed by atoms with Crippen LogP contribution in [-0.4, -0.2) is 24.4 Å². The normalized spacial score (nSPS) is 22.5. The number of anilines is 1. The van der Waals surface area contributed by atoms with Gasteiger partial charge in [0.2, 0.25) is 0 Å². The molecule has 160 valence electrons. The first-order chi connectivity index (χ1) is 14.6. The van der Waals surface area contributed by atoms with Crippen LogP contribution in [0, 0.1) is 0 Å². The van der Waals surface area contributed by atoms with E-state index in [0.717, 1.165) is 62.3 Å². The third-order valence-corrected chi connectivity index (χ3v) is 7.51. The molecule has 3 aliphatic heterocycles. The summed E-state index contributed by atoms with van der Waals surface area (Å²) in [5.41, 5.74) is 7.81. The van der Waals surface area contributed by atoms with Gasteiger partial charge in [0.15, 0.2) is 0 Å². The van der Waals surface area contributed by atoms with Gasteiger partial charge in [-0.3, -0.25) is 4.90 Å². The molecule has 6 nitrogen and oxygen atoms in total. The third kappa shape index (κ3) is 4.53. The maximum Gasteiger partial charge on any atom is 1.00 e. The average Bonchev–Trinajstić information content (AvgIpc) is 3.46. The SMILES string of the molecule is O=[C-]Nc1c2c(cc3c1CCC3)CCC2.O=[S-](=O)c1cc2c(o1)C1CCN(CC1)C2.[Na+]. The first-order valence-electron chi connectivity index (χ1n) is 10.9. The molecule has 0 saturated carbocycles. The van der Waals surface area contributed by atoms with Gasteiger partial charge in [-0.1, -0.05) is 17.2 Å². The quantitative estimate of drug-likeness (QED) is 0.324. The van der Waals surface area contributed by atoms with E-state index in [9.17, 15) is 13.2 Å². The van der Waals surface area contributed by atoms with E-state index in [0.29, 0.717) is 5.92 Å². The molecule has 1 amide bonds. The zero-order valence-electron chi connectivity index (χ0n) is 18.0. The van der Waals surface area contributed by atoms with Gasteiger partial charge in [-0.05, 0) is 81.2 Å². The summed E-state index contributed by atoms with van der Waals surface area (Å²) in [6.07, 6.45) is 11.1. The summed E-state index contributed by atoms with van der Waals surface area (Å²) in [6.45, 7) is 3.04. The van der Waals surface area contributed by atoms with Gasteiger partial charge in [0.05, 0.1) is 11.5 Å². The van der Waals surface area contributed by atoms with Crippen LogP contribution in [0.2, 0.25) is 0 Å². The molecule has 2 aliphatic carbocycles. The zero-order valence-corrected chi connectivity index (χ0v) is 20.8. The standard InChI is InChI=1S/C13H14NO.C10H12NO3S.Na/c15-8-14-13-11-5-1-3-9(11)7-10-4-2-6-12(10)13;12-15(13)9-5-8-6-11-3-1-7(2-4-11)10(8)14-9;/h7H,1-6H2,(H,14,15);5,7H,1-4,6H2;/q2*-1;+1. The number of amides is 1. The summed E-state index contributed by atoms with van der Waals surface area (Å²) in [5.74, 6) is 1.34. The van der Waals surface area contributed by atoms with E-state index in [4.69, 9.17) is 4.42 Å². The Morgan fingerprint density at radius 2 is 1.61 bits per heavy atom. The second kappa shape index (κ2) is 9.79. The van der Waals surface area contributed by atoms with Crippen molar-refractivity contribution in [1.82, 2.24) is 4.90 Å². The van der Waals surface area contributed by atoms with E-state index in [1.165, 1.54) is 47.9 Å². The molecule has 2 bridgehead atoms. The van der Waals surface area contributed by atoms with Crippen molar-refractivity contribution in [2.24, 2.45) is 0 Å². The number of nitrogens with one attached hydrogen (secondary N) is 1. The van der Waals surface area contributed by atoms with Crippen LogP contribution in [0.1, 0.15) is 65.2 Å². The smallest absolute Gasteiger partial charge is 0.490 e. The molecule has 2 aromatic rings. The van der Waals surface area contributed by atoms with Crippen molar-refractivity contribution in [1.29, 1.82) is 0 Å². The van der Waals surface area contributed by atoms with E-state index < -0.39 is 10.7 Å². The van der Waals surface area contributed by atoms with Crippen molar-refractivity contribution >= 4 is 22.8 Å². The fraction of sp³-hybridized carbons (Fsp3) is 0.522. The van der Waals surface area contributed by atoms with Gasteiger partial charge >= 0.3 is 29.6 Å². The van der Waals surface area contributed by atoms with Gasteiger partial charge in [0.1, 0.15) is 5.76 Å². The molecule has 1 aromatic carbocycles. The fourth-order valence-electron chi connectivity index (χ4n) is 5.58. The number of carbonyl (C=O) groups excluding carboxylic acids is 1. The largest absolute Gasteiger partial charge is 1.00 e. The predicted octanol–water partition coefficient (Wildman–Crippen LogP) is 0.788. The zero-order chi connectivity index (χ0) is 20.7. The molecule has 31 heavy (non-hydrogen) atoms. The molecule has 0 spiro atoms. The second-order valence-electron chi connectivity index (χ2n) is 8.70. The van der Waals surface area contributed by atoms with Crippen LogP contribution < -0.4 is 34.9 Å². The molecule has 0 radical (unpaired) electrons. The minimum Gasteiger partial charge on any atom is -0.490 e. The molecule has 1 saturated heterocycles. The monoisotopic (exact) mass is 449 g/mol. The first-order valence-corrected chi connectivity index (χ1v) is 12.0. The summed E-state index contributed by atoms with van der Waals surface area (Å²) < 4.78 is 27.0. The minimum absolute atomic E-state index is 0. The Kier molecular flexibility index (Phi) is 7.28. The number of hydrogen-bond acceptors (Lipinski definition) is 6. The van der Waals surface area contributed by atoms with Crippen LogP contribution in [0.25, 0.3) is 0 Å². The Morgan fingerprint density at radius 3 is 2.19 bits per heavy atom. The Hall–Kier alpha value is -1.12. The number of fused-ring (bicyclic) bond motifs is 4. The van der Waals surface area contributed by atoms with E-state index >= 15 is 0 Å². The van der Waals surface area contributed by atoms with Gasteiger partial charge in [-0.15, -0.1) is 16.8 Å². The van der Waals surface area contributed by atoms with Gasteiger partial charge in [-0.2, -0.15) is 0 Å². The maximum atomic E-state index is 10.8. The fourth-order valence-corrected chi connectivity index (χ4v) is 5.98. The molecule has 1 aromatic heterocycles. The summed E-state index contributed by atoms with van der Waals surface area (Å²) in [5, 5.41) is 2.89. The molecule has 5 aliphatic rings. The van der Waals surface area contributed by atoms with Crippen LogP contribution in [0.3, 0.4) is 0 Å². The van der Waals surface area contributed by atoms with E-state index in [2.05, 4.69) is 16.3 Å². The molecule has 7 rings (SSSR count). The molecule has 0 atom stereocenters. The minimum atomic E-state index is -2.24. The number of nitrogens with zero attached hydrogens (tertiary/aromatic N) is 1. The number of rotatable bonds is 3. The second-order valence-corrected chi connectivity index (χ2v) is 9.57. The molecule has 1 fully saturated rings. The third-order valence-electron chi connectivity index (χ3n) is 6.98. The number of aryl methyl sites for hydroxylation is 2. The van der Waals surface area contributed by atoms with Crippen molar-refractivity contribution in [2.45, 2.75) is 68.9 Å². The molecular formula is C23H26N2NaO4S-. The van der Waals surface area contributed by atoms with Crippen molar-refractivity contribution < 1.29 is 47.2 Å². The molecular weight excluding hydrogens is 423 g/mol. The van der Waals surface area contributed by atoms with E-state index in [1.807, 2.05) is 6.41 Å². The molecule has 1 N–H and O–H groups in total. The summed E-state index contributed by atoms with van der Waals surface area (Å²) >= 11 is 0. The van der Waals surface area contributed by atoms with Crippen molar-refractivity contribution in [3.8, 4) is 0 Å². The van der Waals surface area contributed by atoms with Gasteiger partial charge in [0.25, 0.3) is 0 Å². The van der Waals surface area contributed by atoms with Crippen molar-refractivity contribution in [3.05, 3.63) is 45.7 Å². The summed E-state index contributed by atoms with van der Waals surface area (Å²) in [7, 11) is -2.24. The van der Waals surface area contributed by atoms with Gasteiger partial charge < -0.3 is 22.9 Å². The topological polar surface area (TPSA) is 79.6 Å². The van der Waals surface area contributed by atoms with Crippen molar-refractivity contribution in [3.63, 3.8) is 0 Å². The predicted molar refractivity (Wildman–Crippen MR) is 113 cm³/mol. The Morgan fingerprint density at radius 1 is 0.968 bits per heavy atom. The van der Waals surface area contributed by atoms with Crippen LogP contribution in [-0.2, 0) is 56.1 Å². The Bertz CT molecular complexity index is 1010. The van der Waals surface area contributed by atoms with Crippen LogP contribution in [0.15, 0.2) is 21.6 Å². The first kappa shape index (κ1) is 23.1. The van der Waals surface area contributed by atoms with Gasteiger partial charge in [0, 0.05) is 18.0 Å². The Labute approximate surface area is 207 Å². The van der Waals surface area contributed by atoms with Crippen molar-refractivity contribution in [2.75, 3.05) is 18.4 Å². The van der Waals surface area contributed by atoms with E-state index in [-0.39, 0.29) is 34.6 Å². The van der Waals surface area contributed by atoms with Crippen LogP contribution >= 0.6 is 0 Å².